The molecule has 5 aromatic rings. The summed E-state index contributed by atoms with van der Waals surface area (Å²) >= 11 is 1.47. The number of hydrogen-bond acceptors (Lipinski definition) is 10. The summed E-state index contributed by atoms with van der Waals surface area (Å²) in [5, 5.41) is 8.42. The molecule has 8 rings (SSSR count). The zero-order valence-electron chi connectivity index (χ0n) is 32.6. The number of carbonyl (C=O) groups excluding carboxylic acids is 3. The second-order valence-corrected chi connectivity index (χ2v) is 16.9. The molecule has 13 heteroatoms. The smallest absolute Gasteiger partial charge is 0.324 e. The average molecular weight is 776 g/mol. The number of methoxy groups -OCH3 is 1. The number of cyclic esters (lactones) is 1. The predicted octanol–water partition coefficient (Wildman–Crippen LogP) is 6.01. The number of amides is 2. The van der Waals surface area contributed by atoms with Gasteiger partial charge in [-0.15, -0.1) is 11.3 Å². The van der Waals surface area contributed by atoms with E-state index in [1.165, 1.54) is 16.3 Å². The van der Waals surface area contributed by atoms with Crippen LogP contribution in [0.4, 0.5) is 0 Å². The molecule has 56 heavy (non-hydrogen) atoms. The van der Waals surface area contributed by atoms with Crippen LogP contribution in [-0.2, 0) is 56.1 Å². The van der Waals surface area contributed by atoms with E-state index in [1.807, 2.05) is 30.5 Å². The summed E-state index contributed by atoms with van der Waals surface area (Å²) in [5.41, 5.74) is 11.6. The van der Waals surface area contributed by atoms with Crippen LogP contribution < -0.4 is 10.7 Å². The lowest BCUT2D eigenvalue weighted by molar-refractivity contribution is -0.155. The summed E-state index contributed by atoms with van der Waals surface area (Å²) in [4.78, 5) is 56.2. The molecular formula is C43H49N7O5S. The van der Waals surface area contributed by atoms with Gasteiger partial charge in [0.15, 0.2) is 0 Å². The number of hydrazine groups is 1. The quantitative estimate of drug-likeness (QED) is 0.199. The molecular weight excluding hydrogens is 727 g/mol. The van der Waals surface area contributed by atoms with Crippen molar-refractivity contribution in [3.8, 4) is 22.5 Å². The highest BCUT2D eigenvalue weighted by Gasteiger charge is 2.37. The third-order valence-electron chi connectivity index (χ3n) is 11.4. The fraction of sp³-hybridized carbons (Fsp3) is 0.442. The van der Waals surface area contributed by atoms with Crippen molar-refractivity contribution in [1.29, 1.82) is 0 Å². The Kier molecular flexibility index (Phi) is 10.5. The number of nitrogens with one attached hydrogen (secondary N) is 2. The summed E-state index contributed by atoms with van der Waals surface area (Å²) in [6.07, 6.45) is 6.39. The number of aromatic nitrogens is 4. The Morgan fingerprint density at radius 2 is 1.95 bits per heavy atom. The van der Waals surface area contributed by atoms with Crippen LogP contribution in [0, 0.1) is 11.3 Å². The van der Waals surface area contributed by atoms with Crippen LogP contribution in [0.25, 0.3) is 33.4 Å². The van der Waals surface area contributed by atoms with Gasteiger partial charge in [0.2, 0.25) is 5.91 Å². The number of carbonyl (C=O) groups is 3. The van der Waals surface area contributed by atoms with E-state index in [0.717, 1.165) is 67.5 Å². The van der Waals surface area contributed by atoms with Crippen molar-refractivity contribution in [3.63, 3.8) is 0 Å². The first kappa shape index (κ1) is 37.9. The molecule has 4 atom stereocenters. The SMILES string of the molecule is CCn1c(-c2cccnc2[C@H](C)OC)c2c3cc(ccc31)-c1csc(n1)C[C@H](NC(=O)C1Cc3cccnc3C1)C(=O)N1CCC[C@H](N1)C(=O)OCC(C)(C)C2. The summed E-state index contributed by atoms with van der Waals surface area (Å²) in [6, 6.07) is 12.8. The number of esters is 1. The molecule has 0 saturated carbocycles. The van der Waals surface area contributed by atoms with Crippen molar-refractivity contribution >= 4 is 40.0 Å². The fourth-order valence-corrected chi connectivity index (χ4v) is 9.30. The average Bonchev–Trinajstić information content (AvgIpc) is 3.94. The van der Waals surface area contributed by atoms with Gasteiger partial charge in [-0.3, -0.25) is 29.4 Å². The third kappa shape index (κ3) is 7.35. The first-order valence-electron chi connectivity index (χ1n) is 19.6. The van der Waals surface area contributed by atoms with Gasteiger partial charge in [0.1, 0.15) is 12.1 Å². The Hall–Kier alpha value is -4.98. The van der Waals surface area contributed by atoms with E-state index in [0.29, 0.717) is 38.6 Å². The van der Waals surface area contributed by atoms with Crippen LogP contribution in [0.2, 0.25) is 0 Å². The molecule has 12 nitrogen and oxygen atoms in total. The zero-order valence-corrected chi connectivity index (χ0v) is 33.4. The molecule has 0 radical (unpaired) electrons. The normalized spacial score (nSPS) is 21.7. The van der Waals surface area contributed by atoms with Gasteiger partial charge in [0.05, 0.1) is 34.8 Å². The second-order valence-electron chi connectivity index (χ2n) is 16.0. The Bertz CT molecular complexity index is 2270. The van der Waals surface area contributed by atoms with Crippen molar-refractivity contribution in [1.82, 2.24) is 35.3 Å². The van der Waals surface area contributed by atoms with Gasteiger partial charge in [-0.2, -0.15) is 0 Å². The van der Waals surface area contributed by atoms with Crippen LogP contribution in [0.5, 0.6) is 0 Å². The number of ether oxygens (including phenoxy) is 2. The van der Waals surface area contributed by atoms with Gasteiger partial charge in [-0.1, -0.05) is 26.0 Å². The first-order chi connectivity index (χ1) is 27.0. The lowest BCUT2D eigenvalue weighted by Gasteiger charge is -2.35. The maximum atomic E-state index is 14.3. The van der Waals surface area contributed by atoms with Gasteiger partial charge in [-0.05, 0) is 81.0 Å². The monoisotopic (exact) mass is 775 g/mol. The molecule has 292 valence electrons. The summed E-state index contributed by atoms with van der Waals surface area (Å²) in [6.45, 7) is 9.70. The number of thiazole rings is 1. The largest absolute Gasteiger partial charge is 0.464 e. The van der Waals surface area contributed by atoms with E-state index in [4.69, 9.17) is 19.4 Å². The van der Waals surface area contributed by atoms with E-state index < -0.39 is 23.5 Å². The zero-order chi connectivity index (χ0) is 39.1. The third-order valence-corrected chi connectivity index (χ3v) is 12.3. The van der Waals surface area contributed by atoms with Gasteiger partial charge >= 0.3 is 5.97 Å². The molecule has 0 spiro atoms. The Balaban J connectivity index is 1.21. The van der Waals surface area contributed by atoms with Gasteiger partial charge < -0.3 is 19.4 Å². The van der Waals surface area contributed by atoms with Crippen LogP contribution >= 0.6 is 11.3 Å². The maximum Gasteiger partial charge on any atom is 0.324 e. The fourth-order valence-electron chi connectivity index (χ4n) is 8.45. The molecule has 6 heterocycles. The van der Waals surface area contributed by atoms with Crippen molar-refractivity contribution < 1.29 is 23.9 Å². The van der Waals surface area contributed by atoms with Crippen molar-refractivity contribution in [2.45, 2.75) is 91.0 Å². The highest BCUT2D eigenvalue weighted by molar-refractivity contribution is 7.10. The predicted molar refractivity (Wildman–Crippen MR) is 214 cm³/mol. The van der Waals surface area contributed by atoms with Gasteiger partial charge in [0.25, 0.3) is 5.91 Å². The van der Waals surface area contributed by atoms with Crippen LogP contribution in [0.1, 0.15) is 74.2 Å². The lowest BCUT2D eigenvalue weighted by Crippen LogP contribution is -2.60. The minimum absolute atomic E-state index is 0.178. The molecule has 2 amide bonds. The first-order valence-corrected chi connectivity index (χ1v) is 20.5. The molecule has 1 unspecified atom stereocenters. The van der Waals surface area contributed by atoms with Crippen molar-refractivity contribution in [2.75, 3.05) is 20.3 Å². The van der Waals surface area contributed by atoms with Crippen molar-refractivity contribution in [3.05, 3.63) is 87.8 Å². The molecule has 1 aliphatic carbocycles. The number of benzene rings is 1. The molecule has 6 bridgehead atoms. The highest BCUT2D eigenvalue weighted by Crippen LogP contribution is 2.42. The Morgan fingerprint density at radius 1 is 1.12 bits per heavy atom. The molecule has 3 aliphatic rings. The number of nitrogens with zero attached hydrogens (tertiary/aromatic N) is 5. The molecule has 1 fully saturated rings. The van der Waals surface area contributed by atoms with Crippen molar-refractivity contribution in [2.24, 2.45) is 11.3 Å². The second kappa shape index (κ2) is 15.5. The number of hydrogen-bond donors (Lipinski definition) is 2. The maximum absolute atomic E-state index is 14.3. The highest BCUT2D eigenvalue weighted by atomic mass is 32.1. The Morgan fingerprint density at radius 3 is 2.75 bits per heavy atom. The standard InChI is InChI=1S/C43H49N7O5S/c1-6-49-36-14-13-27-19-30(36)31(39(49)29-11-8-16-45-38(29)25(2)54-5)22-43(3,4)24-55-42(53)32-12-9-17-50(48-32)41(52)34(21-37-46-35(27)23-56-37)47-40(51)28-18-26-10-7-15-44-33(26)20-28/h7-8,10-11,13-16,19,23,25,28,32,34,48H,6,9,12,17-18,20-22,24H2,1-5H3,(H,47,51)/t25-,28?,32-,34-/m0/s1. The topological polar surface area (TPSA) is 141 Å². The number of pyridine rings is 2. The summed E-state index contributed by atoms with van der Waals surface area (Å²) in [7, 11) is 1.70. The minimum atomic E-state index is -0.892. The van der Waals surface area contributed by atoms with Crippen LogP contribution in [0.15, 0.2) is 60.2 Å². The van der Waals surface area contributed by atoms with Gasteiger partial charge in [0, 0.05) is 89.9 Å². The van der Waals surface area contributed by atoms with E-state index in [2.05, 4.69) is 65.3 Å². The van der Waals surface area contributed by atoms with E-state index in [9.17, 15) is 14.4 Å². The summed E-state index contributed by atoms with van der Waals surface area (Å²) < 4.78 is 14.2. The van der Waals surface area contributed by atoms with Crippen LogP contribution in [-0.4, -0.2) is 74.7 Å². The number of rotatable bonds is 6. The van der Waals surface area contributed by atoms with Gasteiger partial charge in [-0.25, -0.2) is 10.4 Å². The molecule has 2 N–H and O–H groups in total. The summed E-state index contributed by atoms with van der Waals surface area (Å²) in [5.74, 6) is -1.23. The minimum Gasteiger partial charge on any atom is -0.464 e. The lowest BCUT2D eigenvalue weighted by atomic mass is 9.84. The van der Waals surface area contributed by atoms with E-state index in [1.54, 1.807) is 19.5 Å². The number of fused-ring (bicyclic) bond motifs is 7. The number of aryl methyl sites for hydroxylation is 1. The molecule has 4 aromatic heterocycles. The Labute approximate surface area is 331 Å². The van der Waals surface area contributed by atoms with Crippen LogP contribution in [0.3, 0.4) is 0 Å². The molecule has 1 aromatic carbocycles. The molecule has 2 aliphatic heterocycles. The van der Waals surface area contributed by atoms with E-state index in [-0.39, 0.29) is 36.9 Å². The molecule has 1 saturated heterocycles. The van der Waals surface area contributed by atoms with E-state index >= 15 is 0 Å².